The maximum Gasteiger partial charge on any atom is 0.263 e. The summed E-state index contributed by atoms with van der Waals surface area (Å²) in [7, 11) is 0. The standard InChI is InChI=1S/C50H56F2N4O4/c1-3-29-59-33-53-47(35-25-27-43(41(51)31-35)55(37-17-9-5-10-18-37)38-19-11-6-12-20-38)45-46(49(53)57)48(54(50(45)58)34-60-30-4-2)36-26-28-44(42(52)32-36)56(39-21-13-7-14-22-39)40-23-15-8-16-24-40/h5,7,9-10,13-14,17-18,21-22,25-28,31-32,38,40H,3-4,6,8,11-12,15-16,19-20,23-24,29-30,33-34H2,1-2H3. The Bertz CT molecular complexity index is 2060. The Labute approximate surface area is 353 Å². The average molecular weight is 815 g/mol. The highest BCUT2D eigenvalue weighted by molar-refractivity contribution is 6.30. The number of para-hydroxylation sites is 2. The molecule has 0 N–H and O–H groups in total. The van der Waals surface area contributed by atoms with Gasteiger partial charge in [-0.2, -0.15) is 0 Å². The van der Waals surface area contributed by atoms with Gasteiger partial charge in [-0.05, 0) is 87.1 Å². The number of nitrogens with zero attached hydrogens (tertiary/aromatic N) is 4. The van der Waals surface area contributed by atoms with Gasteiger partial charge in [0.05, 0.1) is 33.9 Å². The van der Waals surface area contributed by atoms with Crippen molar-refractivity contribution in [3.63, 3.8) is 0 Å². The second kappa shape index (κ2) is 18.9. The number of rotatable bonds is 16. The van der Waals surface area contributed by atoms with Gasteiger partial charge >= 0.3 is 0 Å². The molecule has 8 rings (SSSR count). The van der Waals surface area contributed by atoms with E-state index in [2.05, 4.69) is 9.80 Å². The molecule has 2 fully saturated rings. The third kappa shape index (κ3) is 8.24. The van der Waals surface area contributed by atoms with E-state index >= 15 is 8.78 Å². The molecule has 8 nitrogen and oxygen atoms in total. The Morgan fingerprint density at radius 1 is 0.550 bits per heavy atom. The number of carbonyl (C=O) groups excluding carboxylic acids is 2. The maximum absolute atomic E-state index is 16.8. The van der Waals surface area contributed by atoms with Crippen LogP contribution in [0.5, 0.6) is 0 Å². The molecule has 0 bridgehead atoms. The maximum atomic E-state index is 16.8. The van der Waals surface area contributed by atoms with Crippen LogP contribution in [0.1, 0.15) is 102 Å². The lowest BCUT2D eigenvalue weighted by Crippen LogP contribution is -2.34. The fourth-order valence-electron chi connectivity index (χ4n) is 9.49. The van der Waals surface area contributed by atoms with Crippen molar-refractivity contribution in [3.05, 3.63) is 131 Å². The minimum Gasteiger partial charge on any atom is -0.361 e. The minimum absolute atomic E-state index is 0.132. The van der Waals surface area contributed by atoms with Gasteiger partial charge in [0.15, 0.2) is 0 Å². The van der Waals surface area contributed by atoms with Crippen molar-refractivity contribution < 1.29 is 27.8 Å². The van der Waals surface area contributed by atoms with E-state index in [4.69, 9.17) is 9.47 Å². The van der Waals surface area contributed by atoms with Crippen molar-refractivity contribution in [2.24, 2.45) is 0 Å². The minimum atomic E-state index is -0.465. The third-order valence-electron chi connectivity index (χ3n) is 12.2. The average Bonchev–Trinajstić information content (AvgIpc) is 3.73. The van der Waals surface area contributed by atoms with Crippen molar-refractivity contribution in [1.82, 2.24) is 9.80 Å². The summed E-state index contributed by atoms with van der Waals surface area (Å²) in [6, 6.07) is 30.0. The number of hydrogen-bond donors (Lipinski definition) is 0. The van der Waals surface area contributed by atoms with Gasteiger partial charge in [0.25, 0.3) is 11.8 Å². The molecule has 2 heterocycles. The van der Waals surface area contributed by atoms with Crippen LogP contribution in [0.2, 0.25) is 0 Å². The highest BCUT2D eigenvalue weighted by Crippen LogP contribution is 2.48. The van der Waals surface area contributed by atoms with E-state index in [9.17, 15) is 9.59 Å². The van der Waals surface area contributed by atoms with Crippen molar-refractivity contribution in [2.75, 3.05) is 36.5 Å². The third-order valence-corrected chi connectivity index (χ3v) is 12.2. The van der Waals surface area contributed by atoms with Crippen LogP contribution in [0, 0.1) is 11.6 Å². The van der Waals surface area contributed by atoms with Crippen LogP contribution in [0.25, 0.3) is 11.4 Å². The van der Waals surface area contributed by atoms with E-state index in [0.29, 0.717) is 35.7 Å². The fourth-order valence-corrected chi connectivity index (χ4v) is 9.49. The van der Waals surface area contributed by atoms with Crippen LogP contribution in [-0.4, -0.2) is 60.4 Å². The summed E-state index contributed by atoms with van der Waals surface area (Å²) in [5.41, 5.74) is 4.27. The highest BCUT2D eigenvalue weighted by Gasteiger charge is 2.49. The summed E-state index contributed by atoms with van der Waals surface area (Å²) in [6.07, 6.45) is 11.9. The topological polar surface area (TPSA) is 65.6 Å². The second-order valence-corrected chi connectivity index (χ2v) is 16.3. The number of amides is 2. The molecule has 2 amide bonds. The van der Waals surface area contributed by atoms with Crippen molar-refractivity contribution in [1.29, 1.82) is 0 Å². The van der Waals surface area contributed by atoms with E-state index in [-0.39, 0.29) is 48.1 Å². The molecule has 0 aromatic heterocycles. The number of benzene rings is 4. The number of hydrogen-bond acceptors (Lipinski definition) is 6. The van der Waals surface area contributed by atoms with Gasteiger partial charge in [0, 0.05) is 47.8 Å². The van der Waals surface area contributed by atoms with E-state index in [1.165, 1.54) is 21.9 Å². The molecule has 4 aromatic rings. The van der Waals surface area contributed by atoms with Gasteiger partial charge in [-0.3, -0.25) is 19.4 Å². The van der Waals surface area contributed by atoms with Crippen molar-refractivity contribution >= 4 is 46.0 Å². The van der Waals surface area contributed by atoms with E-state index in [1.54, 1.807) is 24.3 Å². The van der Waals surface area contributed by atoms with E-state index in [1.807, 2.05) is 74.5 Å². The van der Waals surface area contributed by atoms with Gasteiger partial charge in [-0.25, -0.2) is 8.78 Å². The molecule has 2 aliphatic heterocycles. The molecule has 0 spiro atoms. The van der Waals surface area contributed by atoms with Crippen molar-refractivity contribution in [3.8, 4) is 0 Å². The van der Waals surface area contributed by atoms with Gasteiger partial charge in [-0.15, -0.1) is 0 Å². The molecule has 2 aliphatic carbocycles. The number of carbonyl (C=O) groups is 2. The molecule has 0 unspecified atom stereocenters. The molecule has 4 aliphatic rings. The molecule has 10 heteroatoms. The zero-order valence-electron chi connectivity index (χ0n) is 34.9. The van der Waals surface area contributed by atoms with Gasteiger partial charge in [0.2, 0.25) is 0 Å². The fraction of sp³-hybridized carbons (Fsp3) is 0.400. The Morgan fingerprint density at radius 3 is 1.28 bits per heavy atom. The Balaban J connectivity index is 1.25. The molecule has 4 aromatic carbocycles. The number of fused-ring (bicyclic) bond motifs is 1. The van der Waals surface area contributed by atoms with Crippen LogP contribution in [0.4, 0.5) is 31.5 Å². The smallest absolute Gasteiger partial charge is 0.263 e. The second-order valence-electron chi connectivity index (χ2n) is 16.3. The largest absolute Gasteiger partial charge is 0.361 e. The quantitative estimate of drug-likeness (QED) is 0.105. The summed E-state index contributed by atoms with van der Waals surface area (Å²) < 4.78 is 45.6. The number of halogens is 2. The zero-order valence-corrected chi connectivity index (χ0v) is 34.9. The highest BCUT2D eigenvalue weighted by atomic mass is 19.1. The first kappa shape index (κ1) is 41.4. The Kier molecular flexibility index (Phi) is 13.1. The predicted octanol–water partition coefficient (Wildman–Crippen LogP) is 11.5. The van der Waals surface area contributed by atoms with Gasteiger partial charge < -0.3 is 19.3 Å². The first-order chi connectivity index (χ1) is 29.4. The lowest BCUT2D eigenvalue weighted by atomic mass is 9.93. The monoisotopic (exact) mass is 814 g/mol. The lowest BCUT2D eigenvalue weighted by Gasteiger charge is -2.36. The molecule has 0 radical (unpaired) electrons. The van der Waals surface area contributed by atoms with E-state index < -0.39 is 23.4 Å². The summed E-state index contributed by atoms with van der Waals surface area (Å²) in [6.45, 7) is 4.45. The number of anilines is 4. The molecular formula is C50H56F2N4O4. The first-order valence-corrected chi connectivity index (χ1v) is 22.0. The molecule has 2 saturated carbocycles. The van der Waals surface area contributed by atoms with Gasteiger partial charge in [-0.1, -0.05) is 101 Å². The normalized spacial score (nSPS) is 17.6. The van der Waals surface area contributed by atoms with Crippen LogP contribution >= 0.6 is 0 Å². The lowest BCUT2D eigenvalue weighted by molar-refractivity contribution is -0.127. The Morgan fingerprint density at radius 2 is 0.933 bits per heavy atom. The first-order valence-electron chi connectivity index (χ1n) is 22.0. The van der Waals surface area contributed by atoms with Crippen molar-refractivity contribution in [2.45, 2.75) is 103 Å². The molecule has 0 saturated heterocycles. The molecule has 0 atom stereocenters. The molecule has 60 heavy (non-hydrogen) atoms. The Hall–Kier alpha value is -5.32. The predicted molar refractivity (Wildman–Crippen MR) is 233 cm³/mol. The summed E-state index contributed by atoms with van der Waals surface area (Å²) in [5, 5.41) is 0. The summed E-state index contributed by atoms with van der Waals surface area (Å²) in [5.74, 6) is -1.84. The van der Waals surface area contributed by atoms with Crippen LogP contribution in [0.15, 0.2) is 108 Å². The van der Waals surface area contributed by atoms with Gasteiger partial charge in [0.1, 0.15) is 25.1 Å². The summed E-state index contributed by atoms with van der Waals surface area (Å²) in [4.78, 5) is 36.6. The zero-order chi connectivity index (χ0) is 41.6. The number of ether oxygens (including phenoxy) is 2. The molecule has 314 valence electrons. The SMILES string of the molecule is CCCOCN1C(=O)C2=C(c3ccc(N(c4ccccc4)C4CCCCC4)c(F)c3)N(COCCC)C(=O)C2=C1c1ccc(N(c2ccccc2)C2CCCCC2)c(F)c1. The van der Waals surface area contributed by atoms with Crippen LogP contribution in [-0.2, 0) is 19.1 Å². The van der Waals surface area contributed by atoms with E-state index in [0.717, 1.165) is 88.4 Å². The molecular weight excluding hydrogens is 759 g/mol. The van der Waals surface area contributed by atoms with Crippen LogP contribution < -0.4 is 9.80 Å². The summed E-state index contributed by atoms with van der Waals surface area (Å²) >= 11 is 0. The van der Waals surface area contributed by atoms with Crippen LogP contribution in [0.3, 0.4) is 0 Å².